The monoisotopic (exact) mass is 258 g/mol. The normalized spacial score (nSPS) is 12.2. The van der Waals surface area contributed by atoms with Crippen molar-refractivity contribution in [1.29, 1.82) is 0 Å². The lowest BCUT2D eigenvalue weighted by Crippen LogP contribution is -2.34. The third-order valence-electron chi connectivity index (χ3n) is 2.33. The number of halogens is 1. The summed E-state index contributed by atoms with van der Waals surface area (Å²) in [6, 6.07) is 10.4. The number of benzene rings is 1. The predicted octanol–water partition coefficient (Wildman–Crippen LogP) is 1.90. The smallest absolute Gasteiger partial charge is 0.0717 e. The van der Waals surface area contributed by atoms with Crippen molar-refractivity contribution in [2.45, 2.75) is 19.6 Å². The molecule has 0 aliphatic carbocycles. The number of likely N-dealkylation sites (N-methyl/N-ethyl adjacent to an activating group) is 1. The molecule has 0 bridgehead atoms. The minimum Gasteiger partial charge on any atom is -0.375 e. The molecule has 1 rings (SSSR count). The predicted molar refractivity (Wildman–Crippen MR) is 74.5 cm³/mol. The van der Waals surface area contributed by atoms with E-state index in [0.717, 1.165) is 19.7 Å². The van der Waals surface area contributed by atoms with Crippen molar-refractivity contribution in [3.63, 3.8) is 0 Å². The van der Waals surface area contributed by atoms with Crippen molar-refractivity contribution in [3.05, 3.63) is 35.9 Å². The van der Waals surface area contributed by atoms with E-state index in [1.54, 1.807) is 0 Å². The van der Waals surface area contributed by atoms with Gasteiger partial charge in [-0.2, -0.15) is 0 Å². The van der Waals surface area contributed by atoms with Crippen LogP contribution < -0.4 is 5.73 Å². The van der Waals surface area contributed by atoms with Crippen LogP contribution in [0.2, 0.25) is 0 Å². The van der Waals surface area contributed by atoms with Gasteiger partial charge >= 0.3 is 0 Å². The van der Waals surface area contributed by atoms with Crippen LogP contribution in [-0.4, -0.2) is 37.7 Å². The van der Waals surface area contributed by atoms with Crippen LogP contribution in [-0.2, 0) is 11.3 Å². The van der Waals surface area contributed by atoms with Gasteiger partial charge in [0, 0.05) is 19.1 Å². The molecular formula is C13H23ClN2O. The first-order chi connectivity index (χ1) is 7.68. The second kappa shape index (κ2) is 9.42. The summed E-state index contributed by atoms with van der Waals surface area (Å²) >= 11 is 0. The van der Waals surface area contributed by atoms with E-state index in [1.165, 1.54) is 5.56 Å². The first kappa shape index (κ1) is 16.4. The van der Waals surface area contributed by atoms with E-state index >= 15 is 0 Å². The van der Waals surface area contributed by atoms with Crippen LogP contribution in [0, 0.1) is 0 Å². The van der Waals surface area contributed by atoms with Gasteiger partial charge in [-0.3, -0.25) is 0 Å². The highest BCUT2D eigenvalue weighted by Gasteiger charge is 2.01. The van der Waals surface area contributed by atoms with E-state index in [-0.39, 0.29) is 18.4 Å². The Morgan fingerprint density at radius 1 is 1.29 bits per heavy atom. The topological polar surface area (TPSA) is 38.5 Å². The highest BCUT2D eigenvalue weighted by atomic mass is 35.5. The molecule has 1 aromatic carbocycles. The van der Waals surface area contributed by atoms with Gasteiger partial charge in [-0.25, -0.2) is 0 Å². The Morgan fingerprint density at radius 3 is 2.53 bits per heavy atom. The van der Waals surface area contributed by atoms with E-state index in [4.69, 9.17) is 10.5 Å². The number of nitrogens with two attached hydrogens (primary N) is 1. The van der Waals surface area contributed by atoms with Crippen molar-refractivity contribution in [1.82, 2.24) is 4.90 Å². The van der Waals surface area contributed by atoms with Crippen LogP contribution in [0.1, 0.15) is 12.5 Å². The summed E-state index contributed by atoms with van der Waals surface area (Å²) < 4.78 is 5.59. The first-order valence-corrected chi connectivity index (χ1v) is 5.74. The zero-order valence-electron chi connectivity index (χ0n) is 10.6. The molecule has 0 radical (unpaired) electrons. The Hall–Kier alpha value is -0.610. The Morgan fingerprint density at radius 2 is 1.94 bits per heavy atom. The van der Waals surface area contributed by atoms with Crippen molar-refractivity contribution in [2.24, 2.45) is 5.73 Å². The van der Waals surface area contributed by atoms with E-state index in [2.05, 4.69) is 24.1 Å². The molecule has 2 N–H and O–H groups in total. The molecule has 0 spiro atoms. The van der Waals surface area contributed by atoms with Crippen LogP contribution in [0.3, 0.4) is 0 Å². The fraction of sp³-hybridized carbons (Fsp3) is 0.538. The summed E-state index contributed by atoms with van der Waals surface area (Å²) in [7, 11) is 2.06. The van der Waals surface area contributed by atoms with Gasteiger partial charge in [0.1, 0.15) is 0 Å². The molecule has 98 valence electrons. The lowest BCUT2D eigenvalue weighted by Gasteiger charge is -2.18. The van der Waals surface area contributed by atoms with Gasteiger partial charge < -0.3 is 15.4 Å². The van der Waals surface area contributed by atoms with Crippen molar-refractivity contribution < 1.29 is 4.74 Å². The lowest BCUT2D eigenvalue weighted by atomic mass is 10.2. The Kier molecular flexibility index (Phi) is 9.09. The highest BCUT2D eigenvalue weighted by Crippen LogP contribution is 2.00. The van der Waals surface area contributed by atoms with Crippen LogP contribution in [0.4, 0.5) is 0 Å². The fourth-order valence-electron chi connectivity index (χ4n) is 1.57. The number of ether oxygens (including phenoxy) is 1. The van der Waals surface area contributed by atoms with Gasteiger partial charge in [0.2, 0.25) is 0 Å². The summed E-state index contributed by atoms with van der Waals surface area (Å²) in [5, 5.41) is 0. The van der Waals surface area contributed by atoms with E-state index < -0.39 is 0 Å². The molecule has 1 atom stereocenters. The maximum atomic E-state index is 5.71. The summed E-state index contributed by atoms with van der Waals surface area (Å²) in [6.07, 6.45) is 0. The molecule has 0 heterocycles. The van der Waals surface area contributed by atoms with Gasteiger partial charge in [-0.05, 0) is 19.5 Å². The third-order valence-corrected chi connectivity index (χ3v) is 2.33. The van der Waals surface area contributed by atoms with Crippen molar-refractivity contribution in [2.75, 3.05) is 26.7 Å². The van der Waals surface area contributed by atoms with Gasteiger partial charge in [0.25, 0.3) is 0 Å². The Balaban J connectivity index is 0.00000256. The largest absolute Gasteiger partial charge is 0.375 e. The summed E-state index contributed by atoms with van der Waals surface area (Å²) in [5.41, 5.74) is 6.93. The Bertz CT molecular complexity index is 280. The van der Waals surface area contributed by atoms with Gasteiger partial charge in [-0.15, -0.1) is 12.4 Å². The number of rotatable bonds is 7. The average molecular weight is 259 g/mol. The third kappa shape index (κ3) is 8.16. The minimum absolute atomic E-state index is 0. The highest BCUT2D eigenvalue weighted by molar-refractivity contribution is 5.85. The standard InChI is InChI=1S/C13H22N2O.ClH/c1-12(14)10-15(2)8-9-16-11-13-6-4-3-5-7-13;/h3-7,12H,8-11,14H2,1-2H3;1H. The zero-order chi connectivity index (χ0) is 11.8. The van der Waals surface area contributed by atoms with Crippen LogP contribution >= 0.6 is 12.4 Å². The van der Waals surface area contributed by atoms with E-state index in [1.807, 2.05) is 25.1 Å². The molecule has 1 unspecified atom stereocenters. The quantitative estimate of drug-likeness (QED) is 0.760. The van der Waals surface area contributed by atoms with E-state index in [9.17, 15) is 0 Å². The molecule has 3 nitrogen and oxygen atoms in total. The SMILES string of the molecule is CC(N)CN(C)CCOCc1ccccc1.Cl. The maximum absolute atomic E-state index is 5.71. The molecule has 4 heteroatoms. The number of hydrogen-bond acceptors (Lipinski definition) is 3. The van der Waals surface area contributed by atoms with E-state index in [0.29, 0.717) is 6.61 Å². The van der Waals surface area contributed by atoms with Gasteiger partial charge in [-0.1, -0.05) is 30.3 Å². The zero-order valence-corrected chi connectivity index (χ0v) is 11.5. The van der Waals surface area contributed by atoms with Crippen LogP contribution in [0.25, 0.3) is 0 Å². The Labute approximate surface area is 110 Å². The molecule has 0 saturated carbocycles. The maximum Gasteiger partial charge on any atom is 0.0717 e. The summed E-state index contributed by atoms with van der Waals surface area (Å²) in [5.74, 6) is 0. The second-order valence-electron chi connectivity index (χ2n) is 4.28. The molecule has 0 saturated heterocycles. The molecule has 1 aromatic rings. The fourth-order valence-corrected chi connectivity index (χ4v) is 1.57. The molecule has 0 aliphatic rings. The summed E-state index contributed by atoms with van der Waals surface area (Å²) in [4.78, 5) is 2.19. The summed E-state index contributed by atoms with van der Waals surface area (Å²) in [6.45, 7) is 5.29. The molecular weight excluding hydrogens is 236 g/mol. The molecule has 0 fully saturated rings. The van der Waals surface area contributed by atoms with Crippen LogP contribution in [0.15, 0.2) is 30.3 Å². The first-order valence-electron chi connectivity index (χ1n) is 5.74. The number of nitrogens with zero attached hydrogens (tertiary/aromatic N) is 1. The molecule has 0 amide bonds. The second-order valence-corrected chi connectivity index (χ2v) is 4.28. The van der Waals surface area contributed by atoms with Gasteiger partial charge in [0.05, 0.1) is 13.2 Å². The van der Waals surface area contributed by atoms with Gasteiger partial charge in [0.15, 0.2) is 0 Å². The molecule has 17 heavy (non-hydrogen) atoms. The van der Waals surface area contributed by atoms with Crippen LogP contribution in [0.5, 0.6) is 0 Å². The number of hydrogen-bond donors (Lipinski definition) is 1. The molecule has 0 aliphatic heterocycles. The minimum atomic E-state index is 0. The average Bonchev–Trinajstić information content (AvgIpc) is 2.25. The molecule has 0 aromatic heterocycles. The van der Waals surface area contributed by atoms with Crippen molar-refractivity contribution >= 4 is 12.4 Å². The van der Waals surface area contributed by atoms with Crippen molar-refractivity contribution in [3.8, 4) is 0 Å². The lowest BCUT2D eigenvalue weighted by molar-refractivity contribution is 0.0986.